The molecule has 8 heavy (non-hydrogen) atoms. The Morgan fingerprint density at radius 1 is 1.75 bits per heavy atom. The SMILES string of the molecule is CCC(C)OCC#N. The van der Waals surface area contributed by atoms with Gasteiger partial charge in [-0.25, -0.2) is 0 Å². The molecular formula is C6H11NO. The van der Waals surface area contributed by atoms with E-state index in [1.807, 2.05) is 19.9 Å². The first-order valence-corrected chi connectivity index (χ1v) is 2.79. The van der Waals surface area contributed by atoms with E-state index in [0.717, 1.165) is 6.42 Å². The van der Waals surface area contributed by atoms with E-state index in [-0.39, 0.29) is 12.7 Å². The summed E-state index contributed by atoms with van der Waals surface area (Å²) in [5.74, 6) is 0. The van der Waals surface area contributed by atoms with Crippen molar-refractivity contribution >= 4 is 0 Å². The standard InChI is InChI=1S/C6H11NO/c1-3-6(2)8-5-4-7/h6H,3,5H2,1-2H3. The molecule has 0 rings (SSSR count). The van der Waals surface area contributed by atoms with E-state index >= 15 is 0 Å². The highest BCUT2D eigenvalue weighted by atomic mass is 16.5. The topological polar surface area (TPSA) is 33.0 Å². The van der Waals surface area contributed by atoms with Gasteiger partial charge in [-0.05, 0) is 13.3 Å². The maximum absolute atomic E-state index is 8.04. The minimum atomic E-state index is 0.217. The summed E-state index contributed by atoms with van der Waals surface area (Å²) in [6.07, 6.45) is 1.21. The molecular weight excluding hydrogens is 102 g/mol. The van der Waals surface area contributed by atoms with Crippen LogP contribution in [0.2, 0.25) is 0 Å². The van der Waals surface area contributed by atoms with Crippen molar-refractivity contribution in [2.75, 3.05) is 6.61 Å². The molecule has 0 bridgehead atoms. The van der Waals surface area contributed by atoms with E-state index < -0.39 is 0 Å². The van der Waals surface area contributed by atoms with Crippen LogP contribution in [-0.2, 0) is 4.74 Å². The smallest absolute Gasteiger partial charge is 0.134 e. The average Bonchev–Trinajstić information content (AvgIpc) is 1.83. The number of hydrogen-bond donors (Lipinski definition) is 0. The zero-order chi connectivity index (χ0) is 6.41. The predicted molar refractivity (Wildman–Crippen MR) is 31.3 cm³/mol. The molecule has 2 heteroatoms. The van der Waals surface area contributed by atoms with Gasteiger partial charge in [0.2, 0.25) is 0 Å². The largest absolute Gasteiger partial charge is 0.364 e. The van der Waals surface area contributed by atoms with Crippen molar-refractivity contribution in [3.8, 4) is 6.07 Å². The molecule has 1 unspecified atom stereocenters. The van der Waals surface area contributed by atoms with Gasteiger partial charge >= 0.3 is 0 Å². The Morgan fingerprint density at radius 2 is 2.38 bits per heavy atom. The van der Waals surface area contributed by atoms with Gasteiger partial charge in [0.25, 0.3) is 0 Å². The zero-order valence-corrected chi connectivity index (χ0v) is 5.35. The van der Waals surface area contributed by atoms with Gasteiger partial charge in [0, 0.05) is 0 Å². The Labute approximate surface area is 50.1 Å². The van der Waals surface area contributed by atoms with Gasteiger partial charge in [-0.15, -0.1) is 0 Å². The Balaban J connectivity index is 3.01. The average molecular weight is 113 g/mol. The number of hydrogen-bond acceptors (Lipinski definition) is 2. The fraction of sp³-hybridized carbons (Fsp3) is 0.833. The van der Waals surface area contributed by atoms with Gasteiger partial charge in [-0.3, -0.25) is 0 Å². The Hall–Kier alpha value is -0.550. The van der Waals surface area contributed by atoms with Crippen molar-refractivity contribution < 1.29 is 4.74 Å². The summed E-state index contributed by atoms with van der Waals surface area (Å²) in [6, 6.07) is 1.91. The summed E-state index contributed by atoms with van der Waals surface area (Å²) >= 11 is 0. The van der Waals surface area contributed by atoms with Gasteiger partial charge in [0.15, 0.2) is 0 Å². The number of nitrogens with zero attached hydrogens (tertiary/aromatic N) is 1. The quantitative estimate of drug-likeness (QED) is 0.553. The molecule has 0 aromatic carbocycles. The van der Waals surface area contributed by atoms with E-state index in [2.05, 4.69) is 0 Å². The van der Waals surface area contributed by atoms with Crippen LogP contribution in [0, 0.1) is 11.3 Å². The van der Waals surface area contributed by atoms with Crippen LogP contribution in [0.4, 0.5) is 0 Å². The maximum Gasteiger partial charge on any atom is 0.134 e. The third-order valence-electron chi connectivity index (χ3n) is 1.01. The van der Waals surface area contributed by atoms with E-state index in [1.54, 1.807) is 0 Å². The summed E-state index contributed by atoms with van der Waals surface area (Å²) in [5.41, 5.74) is 0. The molecule has 0 aromatic heterocycles. The summed E-state index contributed by atoms with van der Waals surface area (Å²) < 4.78 is 4.98. The molecule has 0 N–H and O–H groups in total. The molecule has 0 heterocycles. The molecule has 0 radical (unpaired) electrons. The second-order valence-electron chi connectivity index (χ2n) is 1.69. The highest BCUT2D eigenvalue weighted by Gasteiger charge is 1.93. The van der Waals surface area contributed by atoms with E-state index in [1.165, 1.54) is 0 Å². The Kier molecular flexibility index (Phi) is 4.29. The monoisotopic (exact) mass is 113 g/mol. The summed E-state index contributed by atoms with van der Waals surface area (Å²) in [6.45, 7) is 4.20. The molecule has 0 saturated carbocycles. The van der Waals surface area contributed by atoms with Crippen LogP contribution < -0.4 is 0 Å². The van der Waals surface area contributed by atoms with Crippen molar-refractivity contribution in [1.82, 2.24) is 0 Å². The van der Waals surface area contributed by atoms with Crippen LogP contribution in [0.5, 0.6) is 0 Å². The van der Waals surface area contributed by atoms with Gasteiger partial charge in [-0.2, -0.15) is 5.26 Å². The Bertz CT molecular complexity index is 85.0. The maximum atomic E-state index is 8.04. The summed E-state index contributed by atoms with van der Waals surface area (Å²) in [7, 11) is 0. The van der Waals surface area contributed by atoms with Crippen LogP contribution in [0.25, 0.3) is 0 Å². The highest BCUT2D eigenvalue weighted by molar-refractivity contribution is 4.67. The summed E-state index contributed by atoms with van der Waals surface area (Å²) in [5, 5.41) is 8.04. The number of rotatable bonds is 3. The highest BCUT2D eigenvalue weighted by Crippen LogP contribution is 1.93. The zero-order valence-electron chi connectivity index (χ0n) is 5.35. The molecule has 0 aliphatic rings. The van der Waals surface area contributed by atoms with Crippen molar-refractivity contribution in [2.45, 2.75) is 26.4 Å². The first-order chi connectivity index (χ1) is 3.81. The minimum Gasteiger partial charge on any atom is -0.364 e. The predicted octanol–water partition coefficient (Wildman–Crippen LogP) is 1.33. The van der Waals surface area contributed by atoms with Crippen LogP contribution in [0.1, 0.15) is 20.3 Å². The second kappa shape index (κ2) is 4.61. The van der Waals surface area contributed by atoms with Gasteiger partial charge in [0.1, 0.15) is 6.61 Å². The molecule has 2 nitrogen and oxygen atoms in total. The van der Waals surface area contributed by atoms with Crippen molar-refractivity contribution in [2.24, 2.45) is 0 Å². The fourth-order valence-electron chi connectivity index (χ4n) is 0.297. The van der Waals surface area contributed by atoms with Gasteiger partial charge in [-0.1, -0.05) is 6.92 Å². The lowest BCUT2D eigenvalue weighted by atomic mass is 10.3. The molecule has 46 valence electrons. The molecule has 1 atom stereocenters. The first-order valence-electron chi connectivity index (χ1n) is 2.79. The van der Waals surface area contributed by atoms with Crippen LogP contribution in [0.15, 0.2) is 0 Å². The van der Waals surface area contributed by atoms with Crippen LogP contribution in [0.3, 0.4) is 0 Å². The van der Waals surface area contributed by atoms with E-state index in [4.69, 9.17) is 10.00 Å². The van der Waals surface area contributed by atoms with Crippen LogP contribution in [-0.4, -0.2) is 12.7 Å². The molecule has 0 spiro atoms. The third-order valence-corrected chi connectivity index (χ3v) is 1.01. The third kappa shape index (κ3) is 3.63. The lowest BCUT2D eigenvalue weighted by Gasteiger charge is -2.04. The lowest BCUT2D eigenvalue weighted by Crippen LogP contribution is -2.05. The summed E-state index contributed by atoms with van der Waals surface area (Å²) in [4.78, 5) is 0. The van der Waals surface area contributed by atoms with Crippen molar-refractivity contribution in [1.29, 1.82) is 5.26 Å². The fourth-order valence-corrected chi connectivity index (χ4v) is 0.297. The van der Waals surface area contributed by atoms with Gasteiger partial charge in [0.05, 0.1) is 12.2 Å². The van der Waals surface area contributed by atoms with E-state index in [9.17, 15) is 0 Å². The molecule has 0 aliphatic carbocycles. The normalized spacial score (nSPS) is 12.6. The van der Waals surface area contributed by atoms with Gasteiger partial charge < -0.3 is 4.74 Å². The van der Waals surface area contributed by atoms with Crippen molar-refractivity contribution in [3.05, 3.63) is 0 Å². The molecule has 0 aliphatic heterocycles. The second-order valence-corrected chi connectivity index (χ2v) is 1.69. The minimum absolute atomic E-state index is 0.217. The van der Waals surface area contributed by atoms with Crippen LogP contribution >= 0.6 is 0 Å². The van der Waals surface area contributed by atoms with E-state index in [0.29, 0.717) is 0 Å². The molecule has 0 saturated heterocycles. The Morgan fingerprint density at radius 3 is 2.75 bits per heavy atom. The molecule has 0 amide bonds. The molecule has 0 fully saturated rings. The number of nitriles is 1. The molecule has 0 aromatic rings. The lowest BCUT2D eigenvalue weighted by molar-refractivity contribution is 0.0886. The first kappa shape index (κ1) is 7.45. The van der Waals surface area contributed by atoms with Crippen molar-refractivity contribution in [3.63, 3.8) is 0 Å². The number of ether oxygens (including phenoxy) is 1.